The van der Waals surface area contributed by atoms with Crippen LogP contribution in [0.3, 0.4) is 0 Å². The minimum Gasteiger partial charge on any atom is -0.461 e. The first kappa shape index (κ1) is 17.3. The standard InChI is InChI=1S/C16H14FIN2O3S/c1-2-23-16(22)12-15(20-13(21)10-7-11(10)17)24-14(19-12)8-4-3-5-9(18)6-8/h3-6,10-11H,2,7H2,1H3,(H,20,21). The van der Waals surface area contributed by atoms with Gasteiger partial charge in [-0.1, -0.05) is 23.5 Å². The largest absolute Gasteiger partial charge is 0.461 e. The van der Waals surface area contributed by atoms with E-state index in [1.54, 1.807) is 6.92 Å². The van der Waals surface area contributed by atoms with E-state index in [4.69, 9.17) is 4.74 Å². The van der Waals surface area contributed by atoms with Gasteiger partial charge >= 0.3 is 5.97 Å². The van der Waals surface area contributed by atoms with E-state index in [1.165, 1.54) is 11.3 Å². The highest BCUT2D eigenvalue weighted by molar-refractivity contribution is 14.1. The van der Waals surface area contributed by atoms with Crippen molar-refractivity contribution in [3.8, 4) is 10.6 Å². The molecule has 1 aromatic heterocycles. The second kappa shape index (κ2) is 7.14. The number of nitrogens with one attached hydrogen (secondary N) is 1. The SMILES string of the molecule is CCOC(=O)c1nc(-c2cccc(I)c2)sc1NC(=O)C1CC1F. The number of hydrogen-bond acceptors (Lipinski definition) is 5. The summed E-state index contributed by atoms with van der Waals surface area (Å²) in [6.07, 6.45) is -0.873. The topological polar surface area (TPSA) is 68.3 Å². The molecule has 1 aliphatic rings. The van der Waals surface area contributed by atoms with Crippen LogP contribution in [0.15, 0.2) is 24.3 Å². The van der Waals surface area contributed by atoms with Crippen molar-refractivity contribution in [3.05, 3.63) is 33.5 Å². The van der Waals surface area contributed by atoms with Crippen molar-refractivity contribution in [3.63, 3.8) is 0 Å². The molecule has 1 aliphatic carbocycles. The van der Waals surface area contributed by atoms with E-state index in [1.807, 2.05) is 24.3 Å². The summed E-state index contributed by atoms with van der Waals surface area (Å²) in [5.74, 6) is -1.66. The Morgan fingerprint density at radius 1 is 1.50 bits per heavy atom. The number of ether oxygens (including phenoxy) is 1. The minimum atomic E-state index is -1.10. The maximum atomic E-state index is 13.1. The van der Waals surface area contributed by atoms with Crippen molar-refractivity contribution in [1.82, 2.24) is 4.98 Å². The summed E-state index contributed by atoms with van der Waals surface area (Å²) >= 11 is 3.37. The maximum Gasteiger partial charge on any atom is 0.360 e. The highest BCUT2D eigenvalue weighted by Gasteiger charge is 2.44. The Kier molecular flexibility index (Phi) is 5.14. The highest BCUT2D eigenvalue weighted by atomic mass is 127. The zero-order chi connectivity index (χ0) is 17.3. The van der Waals surface area contributed by atoms with E-state index >= 15 is 0 Å². The molecule has 8 heteroatoms. The van der Waals surface area contributed by atoms with Crippen LogP contribution in [-0.2, 0) is 9.53 Å². The number of esters is 1. The summed E-state index contributed by atoms with van der Waals surface area (Å²) in [5.41, 5.74) is 0.896. The zero-order valence-electron chi connectivity index (χ0n) is 12.7. The quantitative estimate of drug-likeness (QED) is 0.543. The number of benzene rings is 1. The van der Waals surface area contributed by atoms with Crippen molar-refractivity contribution in [2.24, 2.45) is 5.92 Å². The number of anilines is 1. The normalized spacial score (nSPS) is 19.0. The average molecular weight is 460 g/mol. The van der Waals surface area contributed by atoms with E-state index < -0.39 is 24.0 Å². The summed E-state index contributed by atoms with van der Waals surface area (Å²) in [6.45, 7) is 1.90. The van der Waals surface area contributed by atoms with Crippen LogP contribution in [0.1, 0.15) is 23.8 Å². The molecule has 1 aromatic carbocycles. The van der Waals surface area contributed by atoms with Gasteiger partial charge in [0, 0.05) is 9.13 Å². The Labute approximate surface area is 155 Å². The van der Waals surface area contributed by atoms with E-state index in [9.17, 15) is 14.0 Å². The fourth-order valence-corrected chi connectivity index (χ4v) is 3.62. The Morgan fingerprint density at radius 2 is 2.25 bits per heavy atom. The number of aromatic nitrogens is 1. The van der Waals surface area contributed by atoms with Gasteiger partial charge in [0.15, 0.2) is 5.69 Å². The number of amides is 1. The van der Waals surface area contributed by atoms with E-state index in [-0.39, 0.29) is 18.7 Å². The number of carbonyl (C=O) groups is 2. The molecule has 24 heavy (non-hydrogen) atoms. The molecule has 1 N–H and O–H groups in total. The summed E-state index contributed by atoms with van der Waals surface area (Å²) < 4.78 is 19.1. The molecule has 0 aliphatic heterocycles. The number of alkyl halides is 1. The lowest BCUT2D eigenvalue weighted by Gasteiger charge is -2.03. The Bertz CT molecular complexity index is 795. The Hall–Kier alpha value is -1.55. The third-order valence-electron chi connectivity index (χ3n) is 3.45. The van der Waals surface area contributed by atoms with Crippen molar-refractivity contribution in [2.75, 3.05) is 11.9 Å². The summed E-state index contributed by atoms with van der Waals surface area (Å²) in [4.78, 5) is 28.4. The molecule has 1 heterocycles. The monoisotopic (exact) mass is 460 g/mol. The summed E-state index contributed by atoms with van der Waals surface area (Å²) in [6, 6.07) is 7.64. The molecule has 0 bridgehead atoms. The molecule has 3 rings (SSSR count). The molecule has 0 spiro atoms. The van der Waals surface area contributed by atoms with Crippen molar-refractivity contribution in [1.29, 1.82) is 0 Å². The fourth-order valence-electron chi connectivity index (χ4n) is 2.13. The second-order valence-electron chi connectivity index (χ2n) is 5.28. The molecular weight excluding hydrogens is 446 g/mol. The summed E-state index contributed by atoms with van der Waals surface area (Å²) in [5, 5.41) is 3.52. The van der Waals surface area contributed by atoms with Gasteiger partial charge in [0.05, 0.1) is 12.5 Å². The smallest absolute Gasteiger partial charge is 0.360 e. The van der Waals surface area contributed by atoms with Crippen LogP contribution in [0.2, 0.25) is 0 Å². The van der Waals surface area contributed by atoms with Crippen LogP contribution in [0.25, 0.3) is 10.6 Å². The van der Waals surface area contributed by atoms with Gasteiger partial charge in [0.25, 0.3) is 0 Å². The van der Waals surface area contributed by atoms with Crippen LogP contribution in [0.4, 0.5) is 9.39 Å². The van der Waals surface area contributed by atoms with E-state index in [2.05, 4.69) is 32.9 Å². The third-order valence-corrected chi connectivity index (χ3v) is 5.14. The molecule has 1 saturated carbocycles. The number of thiazole rings is 1. The van der Waals surface area contributed by atoms with Gasteiger partial charge in [-0.2, -0.15) is 0 Å². The molecule has 2 aromatic rings. The number of halogens is 2. The molecule has 1 amide bonds. The number of carbonyl (C=O) groups excluding carboxylic acids is 2. The lowest BCUT2D eigenvalue weighted by molar-refractivity contribution is -0.117. The lowest BCUT2D eigenvalue weighted by atomic mass is 10.2. The maximum absolute atomic E-state index is 13.1. The van der Waals surface area contributed by atoms with Gasteiger partial charge in [0.1, 0.15) is 16.2 Å². The average Bonchev–Trinajstić information content (AvgIpc) is 3.13. The zero-order valence-corrected chi connectivity index (χ0v) is 15.7. The molecule has 1 fully saturated rings. The van der Waals surface area contributed by atoms with Gasteiger partial charge in [-0.05, 0) is 48.1 Å². The van der Waals surface area contributed by atoms with Gasteiger partial charge in [-0.3, -0.25) is 4.79 Å². The van der Waals surface area contributed by atoms with Gasteiger partial charge < -0.3 is 10.1 Å². The molecule has 0 saturated heterocycles. The van der Waals surface area contributed by atoms with Crippen LogP contribution in [0, 0.1) is 9.49 Å². The Morgan fingerprint density at radius 3 is 2.88 bits per heavy atom. The molecule has 2 atom stereocenters. The van der Waals surface area contributed by atoms with Gasteiger partial charge in [0.2, 0.25) is 5.91 Å². The van der Waals surface area contributed by atoms with Crippen molar-refractivity contribution < 1.29 is 18.7 Å². The van der Waals surface area contributed by atoms with Crippen LogP contribution in [0.5, 0.6) is 0 Å². The Balaban J connectivity index is 1.92. The van der Waals surface area contributed by atoms with Crippen LogP contribution in [-0.4, -0.2) is 29.6 Å². The number of nitrogens with zero attached hydrogens (tertiary/aromatic N) is 1. The van der Waals surface area contributed by atoms with E-state index in [0.717, 1.165) is 9.13 Å². The van der Waals surface area contributed by atoms with Crippen LogP contribution >= 0.6 is 33.9 Å². The molecule has 126 valence electrons. The van der Waals surface area contributed by atoms with Crippen LogP contribution < -0.4 is 5.32 Å². The number of hydrogen-bond donors (Lipinski definition) is 1. The first-order valence-electron chi connectivity index (χ1n) is 7.38. The first-order chi connectivity index (χ1) is 11.5. The van der Waals surface area contributed by atoms with E-state index in [0.29, 0.717) is 10.0 Å². The van der Waals surface area contributed by atoms with Crippen molar-refractivity contribution in [2.45, 2.75) is 19.5 Å². The molecule has 2 unspecified atom stereocenters. The molecule has 0 radical (unpaired) electrons. The highest BCUT2D eigenvalue weighted by Crippen LogP contribution is 2.37. The minimum absolute atomic E-state index is 0.0557. The fraction of sp³-hybridized carbons (Fsp3) is 0.312. The summed E-state index contributed by atoms with van der Waals surface area (Å²) in [7, 11) is 0. The van der Waals surface area contributed by atoms with Gasteiger partial charge in [-0.15, -0.1) is 0 Å². The number of rotatable bonds is 5. The van der Waals surface area contributed by atoms with Gasteiger partial charge in [-0.25, -0.2) is 14.2 Å². The predicted octanol–water partition coefficient (Wildman–Crippen LogP) is 3.89. The third kappa shape index (κ3) is 3.75. The molecule has 5 nitrogen and oxygen atoms in total. The predicted molar refractivity (Wildman–Crippen MR) is 97.9 cm³/mol. The lowest BCUT2D eigenvalue weighted by Crippen LogP contribution is -2.17. The molecular formula is C16H14FIN2O3S. The van der Waals surface area contributed by atoms with Crippen molar-refractivity contribution >= 4 is 50.8 Å². The second-order valence-corrected chi connectivity index (χ2v) is 7.52. The first-order valence-corrected chi connectivity index (χ1v) is 9.28.